The van der Waals surface area contributed by atoms with Gasteiger partial charge >= 0.3 is 0 Å². The minimum absolute atomic E-state index is 0. The molecule has 3 N–H and O–H groups in total. The molecule has 0 aliphatic rings. The van der Waals surface area contributed by atoms with Gasteiger partial charge in [-0.1, -0.05) is 66.7 Å². The van der Waals surface area contributed by atoms with Gasteiger partial charge in [0.2, 0.25) is 5.95 Å². The van der Waals surface area contributed by atoms with Crippen LogP contribution in [-0.2, 0) is 6.42 Å². The van der Waals surface area contributed by atoms with Crippen LogP contribution in [0.4, 0.5) is 5.95 Å². The van der Waals surface area contributed by atoms with Crippen LogP contribution in [0.3, 0.4) is 0 Å². The van der Waals surface area contributed by atoms with Gasteiger partial charge in [0.05, 0.1) is 5.69 Å². The molecule has 5 nitrogen and oxygen atoms in total. The van der Waals surface area contributed by atoms with Crippen LogP contribution in [0.5, 0.6) is 0 Å². The number of hydrogen-bond donors (Lipinski definition) is 2. The van der Waals surface area contributed by atoms with Crippen LogP contribution in [0, 0.1) is 0 Å². The third kappa shape index (κ3) is 5.39. The lowest BCUT2D eigenvalue weighted by Gasteiger charge is -2.15. The smallest absolute Gasteiger partial charge is 0.223 e. The Balaban J connectivity index is 0.00000274. The van der Waals surface area contributed by atoms with E-state index >= 15 is 0 Å². The molecule has 0 aliphatic heterocycles. The average Bonchev–Trinajstić information content (AvgIpc) is 2.88. The third-order valence-corrected chi connectivity index (χ3v) is 5.67. The van der Waals surface area contributed by atoms with Crippen molar-refractivity contribution in [1.82, 2.24) is 15.0 Å². The van der Waals surface area contributed by atoms with Gasteiger partial charge < -0.3 is 11.1 Å². The molecule has 3 aromatic carbocycles. The maximum Gasteiger partial charge on any atom is 0.223 e. The van der Waals surface area contributed by atoms with Crippen molar-refractivity contribution in [3.63, 3.8) is 0 Å². The molecule has 6 heteroatoms. The summed E-state index contributed by atoms with van der Waals surface area (Å²) in [6.07, 6.45) is 6.24. The summed E-state index contributed by atoms with van der Waals surface area (Å²) in [5.41, 5.74) is 11.5. The molecule has 0 saturated carbocycles. The minimum atomic E-state index is -0.0412. The Bertz CT molecular complexity index is 1360. The second kappa shape index (κ2) is 10.9. The fourth-order valence-corrected chi connectivity index (χ4v) is 3.98. The summed E-state index contributed by atoms with van der Waals surface area (Å²) in [5.74, 6) is 0.565. The molecule has 34 heavy (non-hydrogen) atoms. The number of halogens is 1. The van der Waals surface area contributed by atoms with Crippen LogP contribution in [0.2, 0.25) is 0 Å². The lowest BCUT2D eigenvalue weighted by atomic mass is 9.98. The van der Waals surface area contributed by atoms with Crippen LogP contribution >= 0.6 is 12.4 Å². The summed E-state index contributed by atoms with van der Waals surface area (Å²) in [5, 5.41) is 5.71. The second-order valence-electron chi connectivity index (χ2n) is 8.08. The highest BCUT2D eigenvalue weighted by molar-refractivity contribution is 5.90. The van der Waals surface area contributed by atoms with Crippen molar-refractivity contribution in [2.24, 2.45) is 5.73 Å². The average molecular weight is 468 g/mol. The summed E-state index contributed by atoms with van der Waals surface area (Å²) in [7, 11) is 0. The summed E-state index contributed by atoms with van der Waals surface area (Å²) >= 11 is 0. The number of rotatable bonds is 7. The van der Waals surface area contributed by atoms with Crippen molar-refractivity contribution in [3.8, 4) is 22.4 Å². The number of benzene rings is 3. The molecule has 0 bridgehead atoms. The van der Waals surface area contributed by atoms with E-state index in [1.807, 2.05) is 36.5 Å². The number of pyridine rings is 1. The van der Waals surface area contributed by atoms with Gasteiger partial charge in [0.15, 0.2) is 0 Å². The van der Waals surface area contributed by atoms with Gasteiger partial charge in [0.1, 0.15) is 0 Å². The topological polar surface area (TPSA) is 76.7 Å². The first-order valence-electron chi connectivity index (χ1n) is 11.1. The molecule has 0 saturated heterocycles. The molecular formula is C28H26ClN5. The molecule has 5 aromatic rings. The highest BCUT2D eigenvalue weighted by Crippen LogP contribution is 2.32. The number of nitrogens with one attached hydrogen (secondary N) is 1. The first kappa shape index (κ1) is 23.4. The zero-order valence-electron chi connectivity index (χ0n) is 18.6. The zero-order chi connectivity index (χ0) is 22.5. The van der Waals surface area contributed by atoms with Crippen molar-refractivity contribution in [3.05, 3.63) is 109 Å². The fraction of sp³-hybridized carbons (Fsp3) is 0.107. The lowest BCUT2D eigenvalue weighted by Crippen LogP contribution is -2.31. The minimum Gasteiger partial charge on any atom is -0.353 e. The van der Waals surface area contributed by atoms with E-state index in [1.165, 1.54) is 16.3 Å². The van der Waals surface area contributed by atoms with Crippen molar-refractivity contribution < 1.29 is 0 Å². The maximum atomic E-state index is 6.35. The standard InChI is InChI=1S/C28H25N5.ClH/c29-25(16-20-6-2-1-3-7-20)18-31-28-32-19-26(27(33-28)22-12-14-30-15-13-22)24-11-10-21-8-4-5-9-23(21)17-24;/h1-15,17,19,25H,16,18,29H2,(H,31,32,33);1H. The first-order valence-corrected chi connectivity index (χ1v) is 11.1. The predicted molar refractivity (Wildman–Crippen MR) is 142 cm³/mol. The molecule has 0 fully saturated rings. The lowest BCUT2D eigenvalue weighted by molar-refractivity contribution is 0.696. The van der Waals surface area contributed by atoms with E-state index in [0.29, 0.717) is 12.5 Å². The Morgan fingerprint density at radius 3 is 2.32 bits per heavy atom. The van der Waals surface area contributed by atoms with Crippen molar-refractivity contribution >= 4 is 29.1 Å². The summed E-state index contributed by atoms with van der Waals surface area (Å²) in [4.78, 5) is 13.6. The molecule has 0 spiro atoms. The largest absolute Gasteiger partial charge is 0.353 e. The number of nitrogens with two attached hydrogens (primary N) is 1. The maximum absolute atomic E-state index is 6.35. The Hall–Kier alpha value is -3.80. The molecule has 0 aliphatic carbocycles. The van der Waals surface area contributed by atoms with Crippen LogP contribution < -0.4 is 11.1 Å². The van der Waals surface area contributed by atoms with Crippen molar-refractivity contribution in [1.29, 1.82) is 0 Å². The van der Waals surface area contributed by atoms with Gasteiger partial charge in [-0.05, 0) is 46.5 Å². The van der Waals surface area contributed by atoms with E-state index < -0.39 is 0 Å². The van der Waals surface area contributed by atoms with Gasteiger partial charge in [0.25, 0.3) is 0 Å². The highest BCUT2D eigenvalue weighted by atomic mass is 35.5. The number of anilines is 1. The van der Waals surface area contributed by atoms with Crippen molar-refractivity contribution in [2.45, 2.75) is 12.5 Å². The Morgan fingerprint density at radius 2 is 1.53 bits per heavy atom. The Morgan fingerprint density at radius 1 is 0.794 bits per heavy atom. The van der Waals surface area contributed by atoms with Crippen LogP contribution in [0.15, 0.2) is 104 Å². The molecule has 1 unspecified atom stereocenters. The molecule has 1 atom stereocenters. The molecular weight excluding hydrogens is 442 g/mol. The quantitative estimate of drug-likeness (QED) is 0.318. The van der Waals surface area contributed by atoms with Gasteiger partial charge in [-0.3, -0.25) is 4.98 Å². The van der Waals surface area contributed by atoms with E-state index in [-0.39, 0.29) is 18.4 Å². The van der Waals surface area contributed by atoms with Gasteiger partial charge in [-0.25, -0.2) is 9.97 Å². The summed E-state index contributed by atoms with van der Waals surface area (Å²) < 4.78 is 0. The number of nitrogens with zero attached hydrogens (tertiary/aromatic N) is 3. The first-order chi connectivity index (χ1) is 16.3. The van der Waals surface area contributed by atoms with E-state index in [2.05, 4.69) is 69.9 Å². The van der Waals surface area contributed by atoms with Crippen LogP contribution in [0.1, 0.15) is 5.56 Å². The number of hydrogen-bond acceptors (Lipinski definition) is 5. The van der Waals surface area contributed by atoms with Crippen LogP contribution in [0.25, 0.3) is 33.2 Å². The zero-order valence-corrected chi connectivity index (χ0v) is 19.5. The number of aromatic nitrogens is 3. The molecule has 2 aromatic heterocycles. The van der Waals surface area contributed by atoms with Gasteiger partial charge in [-0.15, -0.1) is 12.4 Å². The van der Waals surface area contributed by atoms with Crippen molar-refractivity contribution in [2.75, 3.05) is 11.9 Å². The second-order valence-corrected chi connectivity index (χ2v) is 8.08. The Kier molecular flexibility index (Phi) is 7.48. The number of fused-ring (bicyclic) bond motifs is 1. The molecule has 170 valence electrons. The summed E-state index contributed by atoms with van der Waals surface area (Å²) in [6, 6.07) is 28.9. The van der Waals surface area contributed by atoms with E-state index in [0.717, 1.165) is 28.8 Å². The predicted octanol–water partition coefficient (Wildman–Crippen LogP) is 5.76. The van der Waals surface area contributed by atoms with E-state index in [9.17, 15) is 0 Å². The molecule has 0 radical (unpaired) electrons. The normalized spacial score (nSPS) is 11.6. The molecule has 0 amide bonds. The highest BCUT2D eigenvalue weighted by Gasteiger charge is 2.13. The van der Waals surface area contributed by atoms with Gasteiger partial charge in [0, 0.05) is 42.3 Å². The summed E-state index contributed by atoms with van der Waals surface area (Å²) in [6.45, 7) is 0.583. The molecule has 2 heterocycles. The fourth-order valence-electron chi connectivity index (χ4n) is 3.98. The van der Waals surface area contributed by atoms with E-state index in [4.69, 9.17) is 10.7 Å². The van der Waals surface area contributed by atoms with Gasteiger partial charge in [-0.2, -0.15) is 0 Å². The SMILES string of the molecule is Cl.NC(CNc1ncc(-c2ccc3ccccc3c2)c(-c2ccncc2)n1)Cc1ccccc1. The van der Waals surface area contributed by atoms with E-state index in [1.54, 1.807) is 12.4 Å². The monoisotopic (exact) mass is 467 g/mol. The molecule has 5 rings (SSSR count). The third-order valence-electron chi connectivity index (χ3n) is 5.67. The Labute approximate surface area is 205 Å². The van der Waals surface area contributed by atoms with Crippen LogP contribution in [-0.4, -0.2) is 27.5 Å².